The Hall–Kier alpha value is -4.70. The molecular weight excluding hydrogens is 729 g/mol. The number of benzene rings is 5. The van der Waals surface area contributed by atoms with Gasteiger partial charge in [-0.25, -0.2) is 0 Å². The Labute approximate surface area is 277 Å². The first-order valence-corrected chi connectivity index (χ1v) is 15.1. The van der Waals surface area contributed by atoms with Crippen LogP contribution >= 0.6 is 0 Å². The molecule has 4 nitrogen and oxygen atoms in total. The molecule has 5 heteroatoms. The van der Waals surface area contributed by atoms with Crippen LogP contribution in [0.5, 0.6) is 0 Å². The van der Waals surface area contributed by atoms with Gasteiger partial charge >= 0.3 is 20.1 Å². The summed E-state index contributed by atoms with van der Waals surface area (Å²) in [6.07, 6.45) is 1.87. The van der Waals surface area contributed by atoms with Gasteiger partial charge in [0.15, 0.2) is 0 Å². The zero-order chi connectivity index (χ0) is 29.8. The SMILES string of the molecule is CC(C)N1[CH-]N(c2[c-]cc3c(c2)c2cccc4c5ccccc5n3c24)c2ccccc21.Cc1ccc(-c2[c-]cccc2)nc1.[Ir+3]. The van der Waals surface area contributed by atoms with Crippen LogP contribution in [0.1, 0.15) is 19.4 Å². The van der Waals surface area contributed by atoms with Crippen molar-refractivity contribution >= 4 is 55.2 Å². The van der Waals surface area contributed by atoms with Crippen LogP contribution in [0.15, 0.2) is 121 Å². The van der Waals surface area contributed by atoms with Gasteiger partial charge in [0.25, 0.3) is 0 Å². The number of hydrogen-bond acceptors (Lipinski definition) is 3. The molecular formula is C40H31IrN4. The standard InChI is InChI=1S/C28H21N3.C12H10N.Ir/c1-18(2)29-17-30(27-13-6-5-12-26(27)29)19-14-15-25-23(16-19)22-10-7-9-21-20-8-3-4-11-24(20)31(25)28(21)22;1-10-7-8-12(13-9-10)11-5-3-2-4-6-11;/h3-13,15-18H,1-2H3;2-5,7-9H,1H3;/q-2;-1;+3. The molecule has 8 aromatic rings. The minimum atomic E-state index is 0. The van der Waals surface area contributed by atoms with Gasteiger partial charge < -0.3 is 19.2 Å². The Morgan fingerprint density at radius 1 is 0.711 bits per heavy atom. The number of pyridine rings is 1. The van der Waals surface area contributed by atoms with Gasteiger partial charge in [0.05, 0.1) is 0 Å². The molecule has 220 valence electrons. The molecule has 1 aliphatic rings. The Kier molecular flexibility index (Phi) is 7.53. The monoisotopic (exact) mass is 760 g/mol. The minimum absolute atomic E-state index is 0. The molecule has 0 spiro atoms. The van der Waals surface area contributed by atoms with Crippen molar-refractivity contribution in [1.82, 2.24) is 9.38 Å². The van der Waals surface area contributed by atoms with Gasteiger partial charge in [-0.3, -0.25) is 0 Å². The van der Waals surface area contributed by atoms with E-state index in [4.69, 9.17) is 0 Å². The first-order chi connectivity index (χ1) is 21.6. The van der Waals surface area contributed by atoms with Gasteiger partial charge in [-0.05, 0) is 61.7 Å². The third-order valence-corrected chi connectivity index (χ3v) is 8.51. The van der Waals surface area contributed by atoms with E-state index in [0.29, 0.717) is 6.04 Å². The summed E-state index contributed by atoms with van der Waals surface area (Å²) in [7, 11) is 0. The third kappa shape index (κ3) is 4.84. The zero-order valence-corrected chi connectivity index (χ0v) is 27.7. The van der Waals surface area contributed by atoms with E-state index in [2.05, 4.69) is 137 Å². The largest absolute Gasteiger partial charge is 3.00 e. The molecule has 0 unspecified atom stereocenters. The van der Waals surface area contributed by atoms with Crippen molar-refractivity contribution in [2.75, 3.05) is 9.80 Å². The Morgan fingerprint density at radius 2 is 1.44 bits per heavy atom. The second-order valence-corrected chi connectivity index (χ2v) is 11.6. The molecule has 9 rings (SSSR count). The Morgan fingerprint density at radius 3 is 2.20 bits per heavy atom. The van der Waals surface area contributed by atoms with Crippen molar-refractivity contribution in [1.29, 1.82) is 0 Å². The number of rotatable bonds is 3. The van der Waals surface area contributed by atoms with Crippen molar-refractivity contribution < 1.29 is 20.1 Å². The fourth-order valence-corrected chi connectivity index (χ4v) is 6.42. The summed E-state index contributed by atoms with van der Waals surface area (Å²) >= 11 is 0. The minimum Gasteiger partial charge on any atom is -0.499 e. The maximum absolute atomic E-state index is 4.32. The van der Waals surface area contributed by atoms with Crippen molar-refractivity contribution in [2.45, 2.75) is 26.8 Å². The van der Waals surface area contributed by atoms with Crippen LogP contribution in [0.4, 0.5) is 17.1 Å². The molecule has 0 saturated carbocycles. The average molecular weight is 760 g/mol. The van der Waals surface area contributed by atoms with Crippen LogP contribution in [0.3, 0.4) is 0 Å². The molecule has 0 fully saturated rings. The zero-order valence-electron chi connectivity index (χ0n) is 25.3. The van der Waals surface area contributed by atoms with Gasteiger partial charge in [0, 0.05) is 39.4 Å². The van der Waals surface area contributed by atoms with E-state index in [1.165, 1.54) is 55.0 Å². The van der Waals surface area contributed by atoms with E-state index in [9.17, 15) is 0 Å². The van der Waals surface area contributed by atoms with Gasteiger partial charge in [-0.15, -0.1) is 53.0 Å². The summed E-state index contributed by atoms with van der Waals surface area (Å²) in [5.74, 6) is 0. The molecule has 5 aromatic carbocycles. The molecule has 0 saturated heterocycles. The van der Waals surface area contributed by atoms with E-state index in [0.717, 1.165) is 16.9 Å². The van der Waals surface area contributed by atoms with Crippen LogP contribution in [-0.4, -0.2) is 15.4 Å². The first kappa shape index (κ1) is 29.0. The van der Waals surface area contributed by atoms with E-state index in [1.54, 1.807) is 0 Å². The molecule has 1 aliphatic heterocycles. The second kappa shape index (κ2) is 11.7. The van der Waals surface area contributed by atoms with Crippen LogP contribution in [0, 0.1) is 25.7 Å². The van der Waals surface area contributed by atoms with Gasteiger partial charge in [-0.1, -0.05) is 66.2 Å². The van der Waals surface area contributed by atoms with Gasteiger partial charge in [-0.2, -0.15) is 18.8 Å². The molecule has 45 heavy (non-hydrogen) atoms. The summed E-state index contributed by atoms with van der Waals surface area (Å²) in [6, 6.07) is 47.4. The van der Waals surface area contributed by atoms with Gasteiger partial charge in [0.2, 0.25) is 0 Å². The van der Waals surface area contributed by atoms with Crippen LogP contribution in [0.25, 0.3) is 49.4 Å². The Bertz CT molecular complexity index is 2250. The molecule has 0 N–H and O–H groups in total. The summed E-state index contributed by atoms with van der Waals surface area (Å²) < 4.78 is 2.40. The summed E-state index contributed by atoms with van der Waals surface area (Å²) in [6.45, 7) is 8.69. The Balaban J connectivity index is 0.000000196. The smallest absolute Gasteiger partial charge is 0.499 e. The number of fused-ring (bicyclic) bond motifs is 7. The topological polar surface area (TPSA) is 23.8 Å². The van der Waals surface area contributed by atoms with E-state index in [-0.39, 0.29) is 20.1 Å². The second-order valence-electron chi connectivity index (χ2n) is 11.6. The molecule has 3 aromatic heterocycles. The number of hydrogen-bond donors (Lipinski definition) is 0. The van der Waals surface area contributed by atoms with Crippen molar-refractivity contribution in [3.05, 3.63) is 146 Å². The van der Waals surface area contributed by atoms with Crippen LogP contribution in [0.2, 0.25) is 0 Å². The van der Waals surface area contributed by atoms with E-state index in [1.807, 2.05) is 43.5 Å². The average Bonchev–Trinajstić information content (AvgIpc) is 3.73. The summed E-state index contributed by atoms with van der Waals surface area (Å²) in [5, 5.41) is 5.19. The van der Waals surface area contributed by atoms with Crippen molar-refractivity contribution in [2.24, 2.45) is 0 Å². The molecule has 0 radical (unpaired) electrons. The quantitative estimate of drug-likeness (QED) is 0.168. The van der Waals surface area contributed by atoms with Crippen LogP contribution < -0.4 is 9.80 Å². The predicted molar refractivity (Wildman–Crippen MR) is 184 cm³/mol. The van der Waals surface area contributed by atoms with E-state index >= 15 is 0 Å². The van der Waals surface area contributed by atoms with Gasteiger partial charge in [0.1, 0.15) is 0 Å². The number of para-hydroxylation sites is 4. The number of aromatic nitrogens is 2. The number of anilines is 3. The summed E-state index contributed by atoms with van der Waals surface area (Å²) in [5.41, 5.74) is 10.5. The maximum atomic E-state index is 4.32. The molecule has 0 aliphatic carbocycles. The molecule has 0 bridgehead atoms. The first-order valence-electron chi connectivity index (χ1n) is 15.1. The summed E-state index contributed by atoms with van der Waals surface area (Å²) in [4.78, 5) is 8.91. The van der Waals surface area contributed by atoms with Crippen molar-refractivity contribution in [3.63, 3.8) is 0 Å². The normalized spacial score (nSPS) is 12.6. The molecule has 4 heterocycles. The third-order valence-electron chi connectivity index (χ3n) is 8.51. The fourth-order valence-electron chi connectivity index (χ4n) is 6.42. The molecule has 0 amide bonds. The maximum Gasteiger partial charge on any atom is 3.00 e. The molecule has 0 atom stereocenters. The fraction of sp³-hybridized carbons (Fsp3) is 0.100. The van der Waals surface area contributed by atoms with Crippen LogP contribution in [-0.2, 0) is 20.1 Å². The van der Waals surface area contributed by atoms with E-state index < -0.39 is 0 Å². The predicted octanol–water partition coefficient (Wildman–Crippen LogP) is 9.98. The number of nitrogens with zero attached hydrogens (tertiary/aromatic N) is 4. The van der Waals surface area contributed by atoms with Crippen molar-refractivity contribution in [3.8, 4) is 11.3 Å². The number of aryl methyl sites for hydroxylation is 1.